The van der Waals surface area contributed by atoms with Crippen molar-refractivity contribution in [2.45, 2.75) is 23.3 Å². The van der Waals surface area contributed by atoms with Crippen molar-refractivity contribution in [3.05, 3.63) is 68.4 Å². The number of thioether (sulfide) groups is 1. The normalized spacial score (nSPS) is 14.8. The van der Waals surface area contributed by atoms with Crippen molar-refractivity contribution in [2.75, 3.05) is 0 Å². The molecule has 1 aliphatic rings. The van der Waals surface area contributed by atoms with Crippen LogP contribution in [0.1, 0.15) is 33.9 Å². The average molecular weight is 523 g/mol. The molecule has 10 heteroatoms. The summed E-state index contributed by atoms with van der Waals surface area (Å²) >= 11 is 21.7. The minimum Gasteiger partial charge on any atom is -0.476 e. The summed E-state index contributed by atoms with van der Waals surface area (Å²) < 4.78 is 2.38. The van der Waals surface area contributed by atoms with Crippen molar-refractivity contribution in [3.63, 3.8) is 0 Å². The number of carboxylic acids is 1. The van der Waals surface area contributed by atoms with E-state index in [9.17, 15) is 9.90 Å². The maximum absolute atomic E-state index is 12.3. The second-order valence-corrected chi connectivity index (χ2v) is 11.1. The predicted octanol–water partition coefficient (Wildman–Crippen LogP) is 7.80. The Bertz CT molecular complexity index is 1410. The molecule has 0 radical (unpaired) electrons. The summed E-state index contributed by atoms with van der Waals surface area (Å²) in [6, 6.07) is 10.8. The fourth-order valence-electron chi connectivity index (χ4n) is 3.82. The van der Waals surface area contributed by atoms with E-state index in [0.29, 0.717) is 37.0 Å². The predicted molar refractivity (Wildman–Crippen MR) is 131 cm³/mol. The first-order chi connectivity index (χ1) is 15.2. The first-order valence-electron chi connectivity index (χ1n) is 9.50. The van der Waals surface area contributed by atoms with Crippen LogP contribution in [0.5, 0.6) is 0 Å². The number of hydrogen-bond acceptors (Lipinski definition) is 5. The summed E-state index contributed by atoms with van der Waals surface area (Å²) in [7, 11) is 0. The van der Waals surface area contributed by atoms with Gasteiger partial charge in [0, 0.05) is 21.4 Å². The Hall–Kier alpha value is -2.03. The van der Waals surface area contributed by atoms with E-state index in [2.05, 4.69) is 12.0 Å². The third-order valence-corrected chi connectivity index (χ3v) is 8.55. The minimum absolute atomic E-state index is 0.0447. The van der Waals surface area contributed by atoms with Crippen molar-refractivity contribution in [1.29, 1.82) is 0 Å². The van der Waals surface area contributed by atoms with E-state index >= 15 is 0 Å². The van der Waals surface area contributed by atoms with Crippen molar-refractivity contribution in [3.8, 4) is 27.5 Å². The molecule has 2 aromatic carbocycles. The van der Waals surface area contributed by atoms with Crippen LogP contribution in [0.2, 0.25) is 15.1 Å². The molecule has 3 heterocycles. The lowest BCUT2D eigenvalue weighted by Crippen LogP contribution is -2.09. The van der Waals surface area contributed by atoms with Gasteiger partial charge in [-0.15, -0.1) is 11.8 Å². The molecule has 0 saturated heterocycles. The van der Waals surface area contributed by atoms with Crippen LogP contribution in [0.15, 0.2) is 40.6 Å². The smallest absolute Gasteiger partial charge is 0.355 e. The number of benzene rings is 2. The van der Waals surface area contributed by atoms with Crippen LogP contribution in [0.25, 0.3) is 27.5 Å². The monoisotopic (exact) mass is 521 g/mol. The summed E-state index contributed by atoms with van der Waals surface area (Å²) in [6.07, 6.45) is 0. The van der Waals surface area contributed by atoms with E-state index < -0.39 is 5.97 Å². The van der Waals surface area contributed by atoms with Gasteiger partial charge < -0.3 is 5.11 Å². The van der Waals surface area contributed by atoms with Gasteiger partial charge >= 0.3 is 5.97 Å². The Morgan fingerprint density at radius 1 is 1.16 bits per heavy atom. The van der Waals surface area contributed by atoms with Gasteiger partial charge in [0.05, 0.1) is 25.6 Å². The number of hydrogen-bond donors (Lipinski definition) is 1. The van der Waals surface area contributed by atoms with Gasteiger partial charge in [0.15, 0.2) is 5.69 Å². The molecule has 1 atom stereocenters. The number of halogens is 3. The number of nitrogens with zero attached hydrogens (tertiary/aromatic N) is 3. The minimum atomic E-state index is -1.09. The number of fused-ring (bicyclic) bond motifs is 3. The third-order valence-electron chi connectivity index (χ3n) is 5.21. The molecule has 5 rings (SSSR count). The first-order valence-corrected chi connectivity index (χ1v) is 12.3. The van der Waals surface area contributed by atoms with E-state index in [1.54, 1.807) is 36.9 Å². The number of aromatic nitrogens is 3. The van der Waals surface area contributed by atoms with Crippen molar-refractivity contribution < 1.29 is 9.90 Å². The molecule has 0 fully saturated rings. The fraction of sp³-hybridized carbons (Fsp3) is 0.136. The lowest BCUT2D eigenvalue weighted by atomic mass is 10.0. The Morgan fingerprint density at radius 2 is 1.91 bits per heavy atom. The zero-order valence-electron chi connectivity index (χ0n) is 16.7. The van der Waals surface area contributed by atoms with Gasteiger partial charge in [-0.2, -0.15) is 9.78 Å². The second kappa shape index (κ2) is 8.08. The van der Waals surface area contributed by atoms with Gasteiger partial charge in [-0.25, -0.2) is 9.78 Å². The van der Waals surface area contributed by atoms with E-state index in [0.717, 1.165) is 21.0 Å². The topological polar surface area (TPSA) is 68.0 Å². The molecule has 0 aliphatic carbocycles. The van der Waals surface area contributed by atoms with E-state index in [1.165, 1.54) is 16.0 Å². The lowest BCUT2D eigenvalue weighted by molar-refractivity contribution is 0.0688. The van der Waals surface area contributed by atoms with Crippen molar-refractivity contribution in [2.24, 2.45) is 0 Å². The molecular formula is C22H14Cl3N3O2S2. The highest BCUT2D eigenvalue weighted by molar-refractivity contribution is 8.01. The summed E-state index contributed by atoms with van der Waals surface area (Å²) in [6.45, 7) is 3.87. The number of carboxylic acid groups (broad SMARTS) is 1. The van der Waals surface area contributed by atoms with Gasteiger partial charge in [-0.1, -0.05) is 58.3 Å². The summed E-state index contributed by atoms with van der Waals surface area (Å²) in [5, 5.41) is 16.7. The lowest BCUT2D eigenvalue weighted by Gasteiger charge is -2.21. The Balaban J connectivity index is 1.71. The largest absolute Gasteiger partial charge is 0.476 e. The molecule has 1 N–H and O–H groups in total. The Morgan fingerprint density at radius 3 is 2.62 bits per heavy atom. The quantitative estimate of drug-likeness (QED) is 0.297. The Kier molecular flexibility index (Phi) is 5.50. The summed E-state index contributed by atoms with van der Waals surface area (Å²) in [5.74, 6) is -1.09. The highest BCUT2D eigenvalue weighted by Crippen LogP contribution is 2.53. The number of rotatable bonds is 3. The van der Waals surface area contributed by atoms with Gasteiger partial charge in [0.2, 0.25) is 5.13 Å². The van der Waals surface area contributed by atoms with Crippen LogP contribution in [-0.4, -0.2) is 25.8 Å². The van der Waals surface area contributed by atoms with Crippen LogP contribution in [-0.2, 0) is 0 Å². The molecule has 32 heavy (non-hydrogen) atoms. The number of aromatic carboxylic acids is 1. The molecule has 4 aromatic rings. The van der Waals surface area contributed by atoms with Gasteiger partial charge in [-0.3, -0.25) is 0 Å². The van der Waals surface area contributed by atoms with Gasteiger partial charge in [-0.05, 0) is 49.2 Å². The molecule has 1 aliphatic heterocycles. The Labute approximate surface area is 207 Å². The number of aryl methyl sites for hydroxylation is 1. The molecule has 0 bridgehead atoms. The highest BCUT2D eigenvalue weighted by Gasteiger charge is 2.30. The molecule has 0 spiro atoms. The maximum atomic E-state index is 12.3. The fourth-order valence-corrected chi connectivity index (χ4v) is 6.88. The molecule has 162 valence electrons. The zero-order chi connectivity index (χ0) is 22.7. The molecule has 1 unspecified atom stereocenters. The van der Waals surface area contributed by atoms with Gasteiger partial charge in [0.1, 0.15) is 0 Å². The highest BCUT2D eigenvalue weighted by atomic mass is 35.5. The number of thiazole rings is 1. The molecule has 2 aromatic heterocycles. The van der Waals surface area contributed by atoms with E-state index in [-0.39, 0.29) is 10.9 Å². The summed E-state index contributed by atoms with van der Waals surface area (Å²) in [5.41, 5.74) is 4.54. The molecule has 5 nitrogen and oxygen atoms in total. The summed E-state index contributed by atoms with van der Waals surface area (Å²) in [4.78, 5) is 17.1. The van der Waals surface area contributed by atoms with Crippen LogP contribution in [0, 0.1) is 6.92 Å². The standard InChI is InChI=1S/C22H14Cl3N3O2S2/c1-9-17(11-4-3-5-12(23)6-11)19(20(29)30)28(27-9)22-26-18-14-8-16(25)15(24)7-13(14)10(2)31-21(18)32-22/h3-8,10H,1-2H3,(H,29,30). The van der Waals surface area contributed by atoms with E-state index in [1.807, 2.05) is 18.2 Å². The van der Waals surface area contributed by atoms with Crippen LogP contribution in [0.4, 0.5) is 0 Å². The van der Waals surface area contributed by atoms with E-state index in [4.69, 9.17) is 39.8 Å². The van der Waals surface area contributed by atoms with Gasteiger partial charge in [0.25, 0.3) is 0 Å². The van der Waals surface area contributed by atoms with Crippen LogP contribution < -0.4 is 0 Å². The second-order valence-electron chi connectivity index (χ2n) is 7.28. The molecule has 0 amide bonds. The zero-order valence-corrected chi connectivity index (χ0v) is 20.6. The number of carbonyl (C=O) groups is 1. The molecule has 0 saturated carbocycles. The van der Waals surface area contributed by atoms with Crippen molar-refractivity contribution >= 4 is 63.9 Å². The van der Waals surface area contributed by atoms with Crippen LogP contribution >= 0.6 is 57.9 Å². The molecular weight excluding hydrogens is 509 g/mol. The maximum Gasteiger partial charge on any atom is 0.355 e. The first kappa shape index (κ1) is 21.8. The average Bonchev–Trinajstić information content (AvgIpc) is 3.30. The third kappa shape index (κ3) is 3.53. The van der Waals surface area contributed by atoms with Crippen molar-refractivity contribution in [1.82, 2.24) is 14.8 Å². The SMILES string of the molecule is Cc1nn(-c2nc3c(s2)SC(C)c2cc(Cl)c(Cl)cc2-3)c(C(=O)O)c1-c1cccc(Cl)c1. The van der Waals surface area contributed by atoms with Crippen LogP contribution in [0.3, 0.4) is 0 Å².